The molecule has 0 bridgehead atoms. The highest BCUT2D eigenvalue weighted by atomic mass is 35.5. The molecule has 1 aromatic carbocycles. The van der Waals surface area contributed by atoms with Gasteiger partial charge in [-0.25, -0.2) is 0 Å². The Hall–Kier alpha value is -0.353. The van der Waals surface area contributed by atoms with Gasteiger partial charge in [0.05, 0.1) is 6.61 Å². The van der Waals surface area contributed by atoms with Crippen LogP contribution in [0.5, 0.6) is 0 Å². The van der Waals surface area contributed by atoms with Gasteiger partial charge in [0.25, 0.3) is 0 Å². The van der Waals surface area contributed by atoms with Crippen molar-refractivity contribution in [1.29, 1.82) is 0 Å². The van der Waals surface area contributed by atoms with Gasteiger partial charge in [-0.1, -0.05) is 44.5 Å². The average molecular weight is 301 g/mol. The molecule has 1 N–H and O–H groups in total. The zero-order valence-corrected chi connectivity index (χ0v) is 14.3. The molecule has 0 saturated carbocycles. The van der Waals surface area contributed by atoms with Crippen molar-refractivity contribution in [3.8, 4) is 0 Å². The average Bonchev–Trinajstić information content (AvgIpc) is 2.29. The first-order valence-corrected chi connectivity index (χ1v) is 9.98. The second-order valence-corrected chi connectivity index (χ2v) is 11.7. The molecular formula is C15H25ClO2Si. The molecule has 19 heavy (non-hydrogen) atoms. The Labute approximate surface area is 122 Å². The summed E-state index contributed by atoms with van der Waals surface area (Å²) in [4.78, 5) is 0. The molecule has 0 radical (unpaired) electrons. The number of rotatable bonds is 5. The molecule has 0 aliphatic rings. The number of aliphatic hydroxyl groups excluding tert-OH is 1. The Bertz CT molecular complexity index is 425. The second kappa shape index (κ2) is 6.40. The second-order valence-electron chi connectivity index (χ2n) is 6.44. The Morgan fingerprint density at radius 2 is 1.89 bits per heavy atom. The first-order chi connectivity index (χ1) is 8.67. The smallest absolute Gasteiger partial charge is 0.191 e. The van der Waals surface area contributed by atoms with Gasteiger partial charge in [0.1, 0.15) is 0 Å². The summed E-state index contributed by atoms with van der Waals surface area (Å²) in [5, 5.41) is 10.1. The van der Waals surface area contributed by atoms with E-state index in [2.05, 4.69) is 33.9 Å². The van der Waals surface area contributed by atoms with Crippen LogP contribution in [0.25, 0.3) is 0 Å². The molecule has 0 heterocycles. The summed E-state index contributed by atoms with van der Waals surface area (Å²) in [6.45, 7) is 11.9. The number of hydrogen-bond donors (Lipinski definition) is 1. The highest BCUT2D eigenvalue weighted by Gasteiger charge is 2.36. The fraction of sp³-hybridized carbons (Fsp3) is 0.600. The summed E-state index contributed by atoms with van der Waals surface area (Å²) in [6.07, 6.45) is 0.858. The molecule has 1 aromatic rings. The molecule has 0 aliphatic carbocycles. The summed E-state index contributed by atoms with van der Waals surface area (Å²) < 4.78 is 6.14. The molecule has 0 unspecified atom stereocenters. The highest BCUT2D eigenvalue weighted by Crippen LogP contribution is 2.36. The third kappa shape index (κ3) is 4.60. The van der Waals surface area contributed by atoms with Crippen molar-refractivity contribution in [2.45, 2.75) is 51.9 Å². The van der Waals surface area contributed by atoms with Gasteiger partial charge < -0.3 is 9.53 Å². The van der Waals surface area contributed by atoms with Crippen molar-refractivity contribution < 1.29 is 9.53 Å². The van der Waals surface area contributed by atoms with Crippen LogP contribution in [0, 0.1) is 0 Å². The Balaban J connectivity index is 2.59. The maximum absolute atomic E-state index is 9.20. The first-order valence-electron chi connectivity index (χ1n) is 6.69. The van der Waals surface area contributed by atoms with E-state index in [1.165, 1.54) is 0 Å². The minimum atomic E-state index is -1.67. The summed E-state index contributed by atoms with van der Waals surface area (Å²) in [6, 6.07) is 5.79. The number of aliphatic hydroxyl groups is 1. The third-order valence-electron chi connectivity index (χ3n) is 3.94. The van der Waals surface area contributed by atoms with Crippen molar-refractivity contribution in [2.24, 2.45) is 0 Å². The van der Waals surface area contributed by atoms with E-state index in [1.807, 2.05) is 18.2 Å². The minimum Gasteiger partial charge on any atom is -0.416 e. The Kier molecular flexibility index (Phi) is 5.62. The fourth-order valence-electron chi connectivity index (χ4n) is 1.55. The van der Waals surface area contributed by atoms with Gasteiger partial charge in [-0.15, -0.1) is 0 Å². The van der Waals surface area contributed by atoms with Crippen LogP contribution in [0.4, 0.5) is 0 Å². The van der Waals surface area contributed by atoms with E-state index >= 15 is 0 Å². The van der Waals surface area contributed by atoms with E-state index in [0.29, 0.717) is 5.02 Å². The molecule has 0 aliphatic heterocycles. The Morgan fingerprint density at radius 1 is 1.26 bits per heavy atom. The van der Waals surface area contributed by atoms with Crippen LogP contribution < -0.4 is 0 Å². The van der Waals surface area contributed by atoms with Crippen LogP contribution in [0.3, 0.4) is 0 Å². The molecule has 0 spiro atoms. The van der Waals surface area contributed by atoms with Crippen LogP contribution in [0.1, 0.15) is 31.9 Å². The minimum absolute atomic E-state index is 0.0181. The van der Waals surface area contributed by atoms with Gasteiger partial charge in [-0.3, -0.25) is 0 Å². The van der Waals surface area contributed by atoms with Crippen molar-refractivity contribution in [2.75, 3.05) is 6.61 Å². The SMILES string of the molecule is CC(C)(C)[Si](C)(C)OCCc1ccc(Cl)c(CO)c1. The van der Waals surface area contributed by atoms with Gasteiger partial charge in [0, 0.05) is 11.6 Å². The topological polar surface area (TPSA) is 29.5 Å². The molecule has 0 atom stereocenters. The predicted octanol–water partition coefficient (Wildman–Crippen LogP) is 4.40. The highest BCUT2D eigenvalue weighted by molar-refractivity contribution is 6.74. The molecule has 4 heteroatoms. The quantitative estimate of drug-likeness (QED) is 0.817. The molecule has 1 rings (SSSR count). The van der Waals surface area contributed by atoms with Gasteiger partial charge >= 0.3 is 0 Å². The molecule has 108 valence electrons. The largest absolute Gasteiger partial charge is 0.416 e. The van der Waals surface area contributed by atoms with Crippen LogP contribution in [-0.2, 0) is 17.5 Å². The lowest BCUT2D eigenvalue weighted by molar-refractivity contribution is 0.281. The molecule has 0 aromatic heterocycles. The molecule has 0 fully saturated rings. The van der Waals surface area contributed by atoms with Crippen LogP contribution in [-0.4, -0.2) is 20.0 Å². The number of halogens is 1. The van der Waals surface area contributed by atoms with Crippen molar-refractivity contribution >= 4 is 19.9 Å². The first kappa shape index (κ1) is 16.7. The van der Waals surface area contributed by atoms with Gasteiger partial charge in [-0.2, -0.15) is 0 Å². The number of benzene rings is 1. The van der Waals surface area contributed by atoms with E-state index in [9.17, 15) is 5.11 Å². The van der Waals surface area contributed by atoms with E-state index in [-0.39, 0.29) is 11.6 Å². The summed E-state index contributed by atoms with van der Waals surface area (Å²) in [5.74, 6) is 0. The molecule has 0 saturated heterocycles. The van der Waals surface area contributed by atoms with Crippen molar-refractivity contribution in [3.05, 3.63) is 34.3 Å². The lowest BCUT2D eigenvalue weighted by Crippen LogP contribution is -2.41. The predicted molar refractivity (Wildman–Crippen MR) is 84.2 cm³/mol. The summed E-state index contributed by atoms with van der Waals surface area (Å²) >= 11 is 5.98. The third-order valence-corrected chi connectivity index (χ3v) is 8.85. The molecule has 0 amide bonds. The van der Waals surface area contributed by atoms with Gasteiger partial charge in [0.15, 0.2) is 8.32 Å². The van der Waals surface area contributed by atoms with Crippen molar-refractivity contribution in [1.82, 2.24) is 0 Å². The fourth-order valence-corrected chi connectivity index (χ4v) is 2.77. The lowest BCUT2D eigenvalue weighted by atomic mass is 10.1. The van der Waals surface area contributed by atoms with Gasteiger partial charge in [0.2, 0.25) is 0 Å². The van der Waals surface area contributed by atoms with Crippen LogP contribution in [0.15, 0.2) is 18.2 Å². The van der Waals surface area contributed by atoms with Gasteiger partial charge in [-0.05, 0) is 41.7 Å². The monoisotopic (exact) mass is 300 g/mol. The zero-order valence-electron chi connectivity index (χ0n) is 12.6. The van der Waals surface area contributed by atoms with E-state index < -0.39 is 8.32 Å². The lowest BCUT2D eigenvalue weighted by Gasteiger charge is -2.36. The normalized spacial score (nSPS) is 12.8. The summed E-state index contributed by atoms with van der Waals surface area (Å²) in [5.41, 5.74) is 1.94. The van der Waals surface area contributed by atoms with E-state index in [0.717, 1.165) is 24.2 Å². The summed E-state index contributed by atoms with van der Waals surface area (Å²) in [7, 11) is -1.67. The molecule has 2 nitrogen and oxygen atoms in total. The Morgan fingerprint density at radius 3 is 2.42 bits per heavy atom. The maximum atomic E-state index is 9.20. The standard InChI is InChI=1S/C15H25ClO2Si/c1-15(2,3)19(4,5)18-9-8-12-6-7-14(16)13(10-12)11-17/h6-7,10,17H,8-9,11H2,1-5H3. The van der Waals surface area contributed by atoms with Crippen LogP contribution in [0.2, 0.25) is 23.2 Å². The number of hydrogen-bond acceptors (Lipinski definition) is 2. The van der Waals surface area contributed by atoms with E-state index in [1.54, 1.807) is 0 Å². The van der Waals surface area contributed by atoms with E-state index in [4.69, 9.17) is 16.0 Å². The van der Waals surface area contributed by atoms with Crippen LogP contribution >= 0.6 is 11.6 Å². The zero-order chi connectivity index (χ0) is 14.7. The molecular weight excluding hydrogens is 276 g/mol. The van der Waals surface area contributed by atoms with Crippen molar-refractivity contribution in [3.63, 3.8) is 0 Å². The maximum Gasteiger partial charge on any atom is 0.191 e.